The van der Waals surface area contributed by atoms with E-state index in [1.165, 1.54) is 24.4 Å². The number of hydrogen-bond donors (Lipinski definition) is 0. The number of nitrogens with zero attached hydrogens (tertiary/aromatic N) is 1. The standard InChI is InChI=1S/C12H9F2N/c1-8-6-11(14)12(15-7-8)9-4-2-3-5-10(9)13/h2-7H,1H3. The van der Waals surface area contributed by atoms with E-state index in [1.54, 1.807) is 19.1 Å². The minimum Gasteiger partial charge on any atom is -0.253 e. The molecule has 0 aliphatic rings. The Labute approximate surface area is 86.4 Å². The van der Waals surface area contributed by atoms with E-state index in [0.29, 0.717) is 5.56 Å². The fourth-order valence-corrected chi connectivity index (χ4v) is 1.38. The lowest BCUT2D eigenvalue weighted by molar-refractivity contribution is 0.610. The normalized spacial score (nSPS) is 10.3. The largest absolute Gasteiger partial charge is 0.253 e. The van der Waals surface area contributed by atoms with Gasteiger partial charge in [0.2, 0.25) is 0 Å². The van der Waals surface area contributed by atoms with Crippen molar-refractivity contribution in [1.82, 2.24) is 4.98 Å². The second-order valence-corrected chi connectivity index (χ2v) is 3.32. The summed E-state index contributed by atoms with van der Waals surface area (Å²) >= 11 is 0. The minimum atomic E-state index is -0.500. The smallest absolute Gasteiger partial charge is 0.149 e. The fourth-order valence-electron chi connectivity index (χ4n) is 1.38. The zero-order chi connectivity index (χ0) is 10.8. The fraction of sp³-hybridized carbons (Fsp3) is 0.0833. The van der Waals surface area contributed by atoms with Gasteiger partial charge in [0, 0.05) is 11.8 Å². The first-order chi connectivity index (χ1) is 7.18. The third-order valence-electron chi connectivity index (χ3n) is 2.11. The van der Waals surface area contributed by atoms with Gasteiger partial charge in [-0.25, -0.2) is 8.78 Å². The first kappa shape index (κ1) is 9.77. The molecule has 0 aliphatic heterocycles. The number of halogens is 2. The molecule has 0 amide bonds. The number of aryl methyl sites for hydroxylation is 1. The van der Waals surface area contributed by atoms with Gasteiger partial charge in [0.15, 0.2) is 0 Å². The predicted molar refractivity (Wildman–Crippen MR) is 54.3 cm³/mol. The average molecular weight is 205 g/mol. The van der Waals surface area contributed by atoms with Crippen LogP contribution < -0.4 is 0 Å². The van der Waals surface area contributed by atoms with Crippen molar-refractivity contribution in [3.8, 4) is 11.3 Å². The van der Waals surface area contributed by atoms with Crippen molar-refractivity contribution >= 4 is 0 Å². The zero-order valence-electron chi connectivity index (χ0n) is 8.17. The van der Waals surface area contributed by atoms with Crippen molar-refractivity contribution in [3.05, 3.63) is 53.7 Å². The quantitative estimate of drug-likeness (QED) is 0.695. The van der Waals surface area contributed by atoms with Crippen LogP contribution in [0.5, 0.6) is 0 Å². The van der Waals surface area contributed by atoms with Gasteiger partial charge in [-0.05, 0) is 30.7 Å². The van der Waals surface area contributed by atoms with E-state index in [1.807, 2.05) is 0 Å². The summed E-state index contributed by atoms with van der Waals surface area (Å²) in [7, 11) is 0. The van der Waals surface area contributed by atoms with Gasteiger partial charge < -0.3 is 0 Å². The molecule has 0 bridgehead atoms. The van der Waals surface area contributed by atoms with Gasteiger partial charge in [0.25, 0.3) is 0 Å². The minimum absolute atomic E-state index is 0.0544. The van der Waals surface area contributed by atoms with Crippen LogP contribution in [0.15, 0.2) is 36.5 Å². The number of hydrogen-bond acceptors (Lipinski definition) is 1. The van der Waals surface area contributed by atoms with Gasteiger partial charge in [-0.2, -0.15) is 0 Å². The summed E-state index contributed by atoms with van der Waals surface area (Å²) in [5.74, 6) is -0.965. The molecule has 15 heavy (non-hydrogen) atoms. The van der Waals surface area contributed by atoms with Gasteiger partial charge in [-0.1, -0.05) is 12.1 Å². The molecule has 1 aromatic heterocycles. The van der Waals surface area contributed by atoms with Crippen LogP contribution in [-0.2, 0) is 0 Å². The predicted octanol–water partition coefficient (Wildman–Crippen LogP) is 3.34. The van der Waals surface area contributed by atoms with E-state index in [0.717, 1.165) is 0 Å². The molecule has 0 saturated carbocycles. The molecule has 0 unspecified atom stereocenters. The van der Waals surface area contributed by atoms with E-state index in [9.17, 15) is 8.78 Å². The Hall–Kier alpha value is -1.77. The second-order valence-electron chi connectivity index (χ2n) is 3.32. The van der Waals surface area contributed by atoms with E-state index >= 15 is 0 Å². The Morgan fingerprint density at radius 1 is 1.07 bits per heavy atom. The van der Waals surface area contributed by atoms with E-state index in [-0.39, 0.29) is 11.3 Å². The highest BCUT2D eigenvalue weighted by Gasteiger charge is 2.10. The topological polar surface area (TPSA) is 12.9 Å². The number of rotatable bonds is 1. The van der Waals surface area contributed by atoms with E-state index in [2.05, 4.69) is 4.98 Å². The summed E-state index contributed by atoms with van der Waals surface area (Å²) < 4.78 is 26.8. The van der Waals surface area contributed by atoms with Crippen molar-refractivity contribution in [3.63, 3.8) is 0 Å². The van der Waals surface area contributed by atoms with Crippen LogP contribution in [0.3, 0.4) is 0 Å². The lowest BCUT2D eigenvalue weighted by Gasteiger charge is -2.04. The maximum absolute atomic E-state index is 13.5. The maximum atomic E-state index is 13.5. The molecule has 0 fully saturated rings. The van der Waals surface area contributed by atoms with Gasteiger partial charge in [0.05, 0.1) is 0 Å². The molecule has 0 atom stereocenters. The first-order valence-corrected chi connectivity index (χ1v) is 4.55. The molecule has 3 heteroatoms. The molecule has 1 aromatic carbocycles. The van der Waals surface area contributed by atoms with Crippen molar-refractivity contribution in [2.24, 2.45) is 0 Å². The van der Waals surface area contributed by atoms with Crippen LogP contribution in [0, 0.1) is 18.6 Å². The molecule has 1 heterocycles. The van der Waals surface area contributed by atoms with Crippen LogP contribution >= 0.6 is 0 Å². The lowest BCUT2D eigenvalue weighted by atomic mass is 10.1. The summed E-state index contributed by atoms with van der Waals surface area (Å²) in [5, 5.41) is 0. The molecular formula is C12H9F2N. The van der Waals surface area contributed by atoms with Crippen LogP contribution in [-0.4, -0.2) is 4.98 Å². The van der Waals surface area contributed by atoms with Crippen LogP contribution in [0.4, 0.5) is 8.78 Å². The third-order valence-corrected chi connectivity index (χ3v) is 2.11. The molecule has 1 nitrogen and oxygen atoms in total. The van der Waals surface area contributed by atoms with Crippen LogP contribution in [0.2, 0.25) is 0 Å². The third kappa shape index (κ3) is 1.86. The highest BCUT2D eigenvalue weighted by atomic mass is 19.1. The Morgan fingerprint density at radius 3 is 2.47 bits per heavy atom. The Bertz CT molecular complexity index is 495. The van der Waals surface area contributed by atoms with Crippen molar-refractivity contribution in [2.45, 2.75) is 6.92 Å². The van der Waals surface area contributed by atoms with E-state index in [4.69, 9.17) is 0 Å². The van der Waals surface area contributed by atoms with Crippen molar-refractivity contribution in [2.75, 3.05) is 0 Å². The molecule has 0 saturated heterocycles. The lowest BCUT2D eigenvalue weighted by Crippen LogP contribution is -1.92. The number of benzene rings is 1. The van der Waals surface area contributed by atoms with Gasteiger partial charge in [-0.15, -0.1) is 0 Å². The van der Waals surface area contributed by atoms with Crippen LogP contribution in [0.1, 0.15) is 5.56 Å². The molecule has 0 N–H and O–H groups in total. The first-order valence-electron chi connectivity index (χ1n) is 4.55. The molecule has 0 radical (unpaired) electrons. The zero-order valence-corrected chi connectivity index (χ0v) is 8.17. The molecule has 2 aromatic rings. The Balaban J connectivity index is 2.60. The summed E-state index contributed by atoms with van der Waals surface area (Å²) in [5.41, 5.74) is 0.960. The monoisotopic (exact) mass is 205 g/mol. The molecule has 0 spiro atoms. The summed E-state index contributed by atoms with van der Waals surface area (Å²) in [6.07, 6.45) is 1.52. The van der Waals surface area contributed by atoms with Crippen molar-refractivity contribution in [1.29, 1.82) is 0 Å². The molecule has 0 aliphatic carbocycles. The maximum Gasteiger partial charge on any atom is 0.149 e. The molecular weight excluding hydrogens is 196 g/mol. The highest BCUT2D eigenvalue weighted by Crippen LogP contribution is 2.23. The molecule has 2 rings (SSSR count). The number of pyridine rings is 1. The van der Waals surface area contributed by atoms with Crippen molar-refractivity contribution < 1.29 is 8.78 Å². The summed E-state index contributed by atoms with van der Waals surface area (Å²) in [6.45, 7) is 1.74. The number of aromatic nitrogens is 1. The SMILES string of the molecule is Cc1cnc(-c2ccccc2F)c(F)c1. The highest BCUT2D eigenvalue weighted by molar-refractivity contribution is 5.60. The summed E-state index contributed by atoms with van der Waals surface area (Å²) in [4.78, 5) is 3.89. The Kier molecular flexibility index (Phi) is 2.46. The second kappa shape index (κ2) is 3.77. The summed E-state index contributed by atoms with van der Waals surface area (Å²) in [6, 6.07) is 7.35. The average Bonchev–Trinajstić information content (AvgIpc) is 2.20. The van der Waals surface area contributed by atoms with Gasteiger partial charge in [-0.3, -0.25) is 4.98 Å². The van der Waals surface area contributed by atoms with Gasteiger partial charge >= 0.3 is 0 Å². The van der Waals surface area contributed by atoms with Crippen LogP contribution in [0.25, 0.3) is 11.3 Å². The Morgan fingerprint density at radius 2 is 1.80 bits per heavy atom. The van der Waals surface area contributed by atoms with E-state index < -0.39 is 11.6 Å². The molecule has 76 valence electrons. The van der Waals surface area contributed by atoms with Gasteiger partial charge in [0.1, 0.15) is 17.3 Å².